The molecule has 0 unspecified atom stereocenters. The van der Waals surface area contributed by atoms with E-state index in [0.717, 1.165) is 24.1 Å². The lowest BCUT2D eigenvalue weighted by atomic mass is 10.0. The van der Waals surface area contributed by atoms with Crippen molar-refractivity contribution in [3.05, 3.63) is 65.0 Å². The number of aryl methyl sites for hydroxylation is 1. The fourth-order valence-electron chi connectivity index (χ4n) is 2.45. The highest BCUT2D eigenvalue weighted by Crippen LogP contribution is 2.34. The first kappa shape index (κ1) is 11.0. The van der Waals surface area contributed by atoms with Crippen LogP contribution in [-0.4, -0.2) is 0 Å². The van der Waals surface area contributed by atoms with Crippen LogP contribution in [0.4, 0.5) is 10.1 Å². The summed E-state index contributed by atoms with van der Waals surface area (Å²) in [7, 11) is 0. The predicted molar refractivity (Wildman–Crippen MR) is 73.4 cm³/mol. The van der Waals surface area contributed by atoms with Crippen LogP contribution >= 0.6 is 0 Å². The number of hydrogen-bond donors (Lipinski definition) is 1. The van der Waals surface area contributed by atoms with E-state index in [0.29, 0.717) is 0 Å². The van der Waals surface area contributed by atoms with Gasteiger partial charge >= 0.3 is 0 Å². The molecule has 0 saturated carbocycles. The maximum Gasteiger partial charge on any atom is 0.123 e. The highest BCUT2D eigenvalue weighted by molar-refractivity contribution is 5.85. The number of anilines is 1. The summed E-state index contributed by atoms with van der Waals surface area (Å²) in [6.07, 6.45) is 4.19. The molecular formula is C16H14FN. The summed E-state index contributed by atoms with van der Waals surface area (Å²) in [5.41, 5.74) is 11.5. The Bertz CT molecular complexity index is 611. The van der Waals surface area contributed by atoms with Crippen LogP contribution in [0.1, 0.15) is 23.1 Å². The summed E-state index contributed by atoms with van der Waals surface area (Å²) in [6.45, 7) is 0. The largest absolute Gasteiger partial charge is 0.399 e. The van der Waals surface area contributed by atoms with Crippen molar-refractivity contribution >= 4 is 17.3 Å². The van der Waals surface area contributed by atoms with Crippen LogP contribution in [0, 0.1) is 5.82 Å². The molecule has 0 spiro atoms. The standard InChI is InChI=1S/C16H14FN/c17-14-5-1-11(2-6-14)9-12-3-4-13-10-15(18)7-8-16(12)13/h1-2,5-10H,3-4,18H2/b12-9-. The first-order chi connectivity index (χ1) is 8.72. The minimum absolute atomic E-state index is 0.197. The van der Waals surface area contributed by atoms with Gasteiger partial charge in [-0.05, 0) is 59.4 Å². The molecule has 2 aromatic carbocycles. The van der Waals surface area contributed by atoms with Gasteiger partial charge in [0.15, 0.2) is 0 Å². The quantitative estimate of drug-likeness (QED) is 0.750. The average molecular weight is 239 g/mol. The predicted octanol–water partition coefficient (Wildman–Crippen LogP) is 3.89. The molecule has 3 rings (SSSR count). The van der Waals surface area contributed by atoms with Crippen molar-refractivity contribution in [3.63, 3.8) is 0 Å². The molecule has 0 amide bonds. The summed E-state index contributed by atoms with van der Waals surface area (Å²) in [5.74, 6) is -0.197. The van der Waals surface area contributed by atoms with Gasteiger partial charge in [0.1, 0.15) is 5.82 Å². The molecule has 1 aliphatic rings. The SMILES string of the molecule is Nc1ccc2c(c1)CC/C2=C/c1ccc(F)cc1. The van der Waals surface area contributed by atoms with Crippen LogP contribution in [0.25, 0.3) is 11.6 Å². The molecular weight excluding hydrogens is 225 g/mol. The Morgan fingerprint density at radius 2 is 1.78 bits per heavy atom. The second-order valence-corrected chi connectivity index (χ2v) is 4.64. The summed E-state index contributed by atoms with van der Waals surface area (Å²) < 4.78 is 12.8. The summed E-state index contributed by atoms with van der Waals surface area (Å²) in [4.78, 5) is 0. The van der Waals surface area contributed by atoms with Crippen LogP contribution in [0.5, 0.6) is 0 Å². The van der Waals surface area contributed by atoms with Crippen molar-refractivity contribution in [2.75, 3.05) is 5.73 Å². The lowest BCUT2D eigenvalue weighted by molar-refractivity contribution is 0.628. The molecule has 0 atom stereocenters. The van der Waals surface area contributed by atoms with Crippen molar-refractivity contribution in [2.24, 2.45) is 0 Å². The van der Waals surface area contributed by atoms with Crippen LogP contribution < -0.4 is 5.73 Å². The second kappa shape index (κ2) is 4.30. The van der Waals surface area contributed by atoms with E-state index in [1.54, 1.807) is 12.1 Å². The maximum absolute atomic E-state index is 12.8. The molecule has 90 valence electrons. The minimum Gasteiger partial charge on any atom is -0.399 e. The Kier molecular flexibility index (Phi) is 2.63. The monoisotopic (exact) mass is 239 g/mol. The normalized spacial score (nSPS) is 15.9. The highest BCUT2D eigenvalue weighted by Gasteiger charge is 2.15. The molecule has 1 aliphatic carbocycles. The number of hydrogen-bond acceptors (Lipinski definition) is 1. The van der Waals surface area contributed by atoms with Gasteiger partial charge in [0, 0.05) is 5.69 Å². The van der Waals surface area contributed by atoms with Gasteiger partial charge in [-0.15, -0.1) is 0 Å². The van der Waals surface area contributed by atoms with E-state index in [1.165, 1.54) is 28.8 Å². The Balaban J connectivity index is 1.98. The van der Waals surface area contributed by atoms with E-state index in [9.17, 15) is 4.39 Å². The van der Waals surface area contributed by atoms with Crippen LogP contribution in [0.2, 0.25) is 0 Å². The van der Waals surface area contributed by atoms with Crippen molar-refractivity contribution < 1.29 is 4.39 Å². The van der Waals surface area contributed by atoms with Crippen LogP contribution in [0.3, 0.4) is 0 Å². The molecule has 1 nitrogen and oxygen atoms in total. The molecule has 2 aromatic rings. The number of rotatable bonds is 1. The minimum atomic E-state index is -0.197. The zero-order valence-corrected chi connectivity index (χ0v) is 9.99. The zero-order chi connectivity index (χ0) is 12.5. The topological polar surface area (TPSA) is 26.0 Å². The molecule has 0 bridgehead atoms. The van der Waals surface area contributed by atoms with Crippen molar-refractivity contribution in [1.82, 2.24) is 0 Å². The third kappa shape index (κ3) is 2.02. The van der Waals surface area contributed by atoms with Crippen LogP contribution in [0.15, 0.2) is 42.5 Å². The van der Waals surface area contributed by atoms with E-state index in [1.807, 2.05) is 12.1 Å². The Morgan fingerprint density at radius 3 is 2.56 bits per heavy atom. The first-order valence-electron chi connectivity index (χ1n) is 6.07. The van der Waals surface area contributed by atoms with Gasteiger partial charge in [-0.25, -0.2) is 4.39 Å². The highest BCUT2D eigenvalue weighted by atomic mass is 19.1. The third-order valence-corrected chi connectivity index (χ3v) is 3.35. The Morgan fingerprint density at radius 1 is 1.00 bits per heavy atom. The molecule has 0 aliphatic heterocycles. The molecule has 0 saturated heterocycles. The summed E-state index contributed by atoms with van der Waals surface area (Å²) in [6, 6.07) is 12.6. The molecule has 0 radical (unpaired) electrons. The number of benzene rings is 2. The molecule has 18 heavy (non-hydrogen) atoms. The molecule has 0 fully saturated rings. The van der Waals surface area contributed by atoms with E-state index < -0.39 is 0 Å². The zero-order valence-electron chi connectivity index (χ0n) is 9.99. The Hall–Kier alpha value is -2.09. The average Bonchev–Trinajstić information content (AvgIpc) is 2.74. The molecule has 2 N–H and O–H groups in total. The lowest BCUT2D eigenvalue weighted by Gasteiger charge is -2.02. The molecule has 2 heteroatoms. The van der Waals surface area contributed by atoms with E-state index >= 15 is 0 Å². The van der Waals surface area contributed by atoms with Crippen molar-refractivity contribution in [1.29, 1.82) is 0 Å². The van der Waals surface area contributed by atoms with Crippen molar-refractivity contribution in [2.45, 2.75) is 12.8 Å². The number of fused-ring (bicyclic) bond motifs is 1. The molecule has 0 aromatic heterocycles. The summed E-state index contributed by atoms with van der Waals surface area (Å²) in [5, 5.41) is 0. The fourth-order valence-corrected chi connectivity index (χ4v) is 2.45. The van der Waals surface area contributed by atoms with Gasteiger partial charge in [0.05, 0.1) is 0 Å². The lowest BCUT2D eigenvalue weighted by Crippen LogP contribution is -1.87. The number of allylic oxidation sites excluding steroid dienone is 1. The third-order valence-electron chi connectivity index (χ3n) is 3.35. The fraction of sp³-hybridized carbons (Fsp3) is 0.125. The van der Waals surface area contributed by atoms with Gasteiger partial charge in [-0.2, -0.15) is 0 Å². The van der Waals surface area contributed by atoms with Gasteiger partial charge in [0.25, 0.3) is 0 Å². The number of nitrogen functional groups attached to an aromatic ring is 1. The molecule has 0 heterocycles. The number of halogens is 1. The van der Waals surface area contributed by atoms with Gasteiger partial charge in [0.2, 0.25) is 0 Å². The van der Waals surface area contributed by atoms with Gasteiger partial charge in [-0.3, -0.25) is 0 Å². The first-order valence-corrected chi connectivity index (χ1v) is 6.07. The Labute approximate surface area is 106 Å². The smallest absolute Gasteiger partial charge is 0.123 e. The number of nitrogens with two attached hydrogens (primary N) is 1. The maximum atomic E-state index is 12.8. The summed E-state index contributed by atoms with van der Waals surface area (Å²) >= 11 is 0. The van der Waals surface area contributed by atoms with Gasteiger partial charge in [-0.1, -0.05) is 24.3 Å². The van der Waals surface area contributed by atoms with Crippen molar-refractivity contribution in [3.8, 4) is 0 Å². The second-order valence-electron chi connectivity index (χ2n) is 4.64. The van der Waals surface area contributed by atoms with E-state index in [4.69, 9.17) is 5.73 Å². The van der Waals surface area contributed by atoms with E-state index in [2.05, 4.69) is 12.1 Å². The van der Waals surface area contributed by atoms with E-state index in [-0.39, 0.29) is 5.82 Å². The van der Waals surface area contributed by atoms with Crippen LogP contribution in [-0.2, 0) is 6.42 Å². The van der Waals surface area contributed by atoms with Gasteiger partial charge < -0.3 is 5.73 Å².